The van der Waals surface area contributed by atoms with Crippen molar-refractivity contribution in [3.8, 4) is 0 Å². The van der Waals surface area contributed by atoms with E-state index in [1.807, 2.05) is 6.07 Å². The van der Waals surface area contributed by atoms with E-state index in [9.17, 15) is 4.79 Å². The van der Waals surface area contributed by atoms with Crippen LogP contribution in [0.25, 0.3) is 0 Å². The fraction of sp³-hybridized carbons (Fsp3) is 0.688. The highest BCUT2D eigenvalue weighted by atomic mass is 16.4. The summed E-state index contributed by atoms with van der Waals surface area (Å²) in [6.45, 7) is 9.22. The predicted molar refractivity (Wildman–Crippen MR) is 79.6 cm³/mol. The topological polar surface area (TPSA) is 45.5 Å². The molecule has 0 aliphatic heterocycles. The van der Waals surface area contributed by atoms with Gasteiger partial charge >= 0.3 is 0 Å². The zero-order valence-electron chi connectivity index (χ0n) is 12.8. The first-order valence-corrected chi connectivity index (χ1v) is 7.74. The zero-order valence-corrected chi connectivity index (χ0v) is 12.8. The number of carbonyl (C=O) groups excluding carboxylic acids is 1. The van der Waals surface area contributed by atoms with Gasteiger partial charge in [0.1, 0.15) is 5.76 Å². The standard InChI is InChI=1S/C16H26N2O2/c1-4-18(5-2)11-14-8-9-15(20-14)16(19)17-13-7-6-12(3)10-13/h8-9,12-13H,4-7,10-11H2,1-3H3,(H,17,19). The summed E-state index contributed by atoms with van der Waals surface area (Å²) in [6.07, 6.45) is 3.37. The molecule has 4 heteroatoms. The van der Waals surface area contributed by atoms with Crippen LogP contribution in [0.2, 0.25) is 0 Å². The van der Waals surface area contributed by atoms with E-state index in [0.717, 1.165) is 44.2 Å². The van der Waals surface area contributed by atoms with Gasteiger partial charge in [-0.2, -0.15) is 0 Å². The van der Waals surface area contributed by atoms with Gasteiger partial charge in [-0.15, -0.1) is 0 Å². The number of hydrogen-bond acceptors (Lipinski definition) is 3. The lowest BCUT2D eigenvalue weighted by Crippen LogP contribution is -2.32. The van der Waals surface area contributed by atoms with Crippen molar-refractivity contribution in [3.63, 3.8) is 0 Å². The van der Waals surface area contributed by atoms with Gasteiger partial charge in [0.2, 0.25) is 0 Å². The normalized spacial score (nSPS) is 22.4. The van der Waals surface area contributed by atoms with Crippen LogP contribution < -0.4 is 5.32 Å². The molecule has 4 nitrogen and oxygen atoms in total. The lowest BCUT2D eigenvalue weighted by atomic mass is 10.1. The molecule has 1 aliphatic carbocycles. The lowest BCUT2D eigenvalue weighted by Gasteiger charge is -2.15. The van der Waals surface area contributed by atoms with Crippen molar-refractivity contribution in [2.24, 2.45) is 5.92 Å². The molecule has 0 radical (unpaired) electrons. The van der Waals surface area contributed by atoms with Crippen molar-refractivity contribution in [3.05, 3.63) is 23.7 Å². The fourth-order valence-electron chi connectivity index (χ4n) is 2.85. The number of nitrogens with zero attached hydrogens (tertiary/aromatic N) is 1. The molecule has 2 atom stereocenters. The van der Waals surface area contributed by atoms with Gasteiger partial charge in [-0.1, -0.05) is 20.8 Å². The molecule has 0 saturated heterocycles. The van der Waals surface area contributed by atoms with E-state index in [-0.39, 0.29) is 5.91 Å². The number of amides is 1. The highest BCUT2D eigenvalue weighted by Crippen LogP contribution is 2.25. The summed E-state index contributed by atoms with van der Waals surface area (Å²) < 4.78 is 5.66. The number of hydrogen-bond donors (Lipinski definition) is 1. The summed E-state index contributed by atoms with van der Waals surface area (Å²) in [6, 6.07) is 4.01. The lowest BCUT2D eigenvalue weighted by molar-refractivity contribution is 0.0905. The van der Waals surface area contributed by atoms with E-state index in [4.69, 9.17) is 4.42 Å². The van der Waals surface area contributed by atoms with E-state index < -0.39 is 0 Å². The summed E-state index contributed by atoms with van der Waals surface area (Å²) in [4.78, 5) is 14.4. The molecule has 1 aliphatic rings. The smallest absolute Gasteiger partial charge is 0.287 e. The highest BCUT2D eigenvalue weighted by Gasteiger charge is 2.24. The van der Waals surface area contributed by atoms with Gasteiger partial charge < -0.3 is 9.73 Å². The minimum atomic E-state index is -0.0742. The molecular weight excluding hydrogens is 252 g/mol. The predicted octanol–water partition coefficient (Wildman–Crippen LogP) is 3.04. The summed E-state index contributed by atoms with van der Waals surface area (Å²) in [7, 11) is 0. The average molecular weight is 278 g/mol. The Labute approximate surface area is 121 Å². The molecule has 112 valence electrons. The van der Waals surface area contributed by atoms with Crippen molar-refractivity contribution in [1.29, 1.82) is 0 Å². The van der Waals surface area contributed by atoms with E-state index in [1.165, 1.54) is 6.42 Å². The minimum absolute atomic E-state index is 0.0742. The maximum atomic E-state index is 12.1. The van der Waals surface area contributed by atoms with Crippen molar-refractivity contribution >= 4 is 5.91 Å². The summed E-state index contributed by atoms with van der Waals surface area (Å²) in [5, 5.41) is 3.07. The van der Waals surface area contributed by atoms with Crippen LogP contribution in [0.5, 0.6) is 0 Å². The molecule has 2 rings (SSSR count). The molecule has 0 spiro atoms. The van der Waals surface area contributed by atoms with E-state index in [1.54, 1.807) is 6.07 Å². The van der Waals surface area contributed by atoms with Gasteiger partial charge in [-0.25, -0.2) is 0 Å². The summed E-state index contributed by atoms with van der Waals surface area (Å²) in [5.41, 5.74) is 0. The van der Waals surface area contributed by atoms with Crippen LogP contribution in [0, 0.1) is 5.92 Å². The third-order valence-electron chi connectivity index (χ3n) is 4.19. The Bertz CT molecular complexity index is 437. The van der Waals surface area contributed by atoms with Crippen molar-refractivity contribution in [1.82, 2.24) is 10.2 Å². The third kappa shape index (κ3) is 3.85. The maximum absolute atomic E-state index is 12.1. The second kappa shape index (κ2) is 6.93. The average Bonchev–Trinajstić information content (AvgIpc) is 3.05. The molecule has 2 unspecified atom stereocenters. The molecule has 1 aromatic rings. The van der Waals surface area contributed by atoms with Gasteiger partial charge in [-0.3, -0.25) is 9.69 Å². The second-order valence-electron chi connectivity index (χ2n) is 5.82. The first kappa shape index (κ1) is 15.1. The van der Waals surface area contributed by atoms with Crippen LogP contribution in [0.4, 0.5) is 0 Å². The monoisotopic (exact) mass is 278 g/mol. The Morgan fingerprint density at radius 3 is 2.70 bits per heavy atom. The summed E-state index contributed by atoms with van der Waals surface area (Å²) >= 11 is 0. The molecule has 0 bridgehead atoms. The zero-order chi connectivity index (χ0) is 14.5. The van der Waals surface area contributed by atoms with Crippen LogP contribution in [0.1, 0.15) is 56.3 Å². The van der Waals surface area contributed by atoms with Crippen LogP contribution in [0.3, 0.4) is 0 Å². The van der Waals surface area contributed by atoms with Crippen LogP contribution in [-0.2, 0) is 6.54 Å². The van der Waals surface area contributed by atoms with Crippen LogP contribution >= 0.6 is 0 Å². The van der Waals surface area contributed by atoms with Gasteiger partial charge in [0.15, 0.2) is 5.76 Å². The SMILES string of the molecule is CCN(CC)Cc1ccc(C(=O)NC2CCC(C)C2)o1. The molecule has 1 N–H and O–H groups in total. The van der Waals surface area contributed by atoms with Crippen molar-refractivity contribution in [2.75, 3.05) is 13.1 Å². The van der Waals surface area contributed by atoms with Gasteiger partial charge in [0.25, 0.3) is 5.91 Å². The molecule has 1 heterocycles. The number of nitrogens with one attached hydrogen (secondary N) is 1. The van der Waals surface area contributed by atoms with Crippen molar-refractivity contribution in [2.45, 2.75) is 52.6 Å². The summed E-state index contributed by atoms with van der Waals surface area (Å²) in [5.74, 6) is 1.94. The molecule has 0 aromatic carbocycles. The Hall–Kier alpha value is -1.29. The van der Waals surface area contributed by atoms with Crippen molar-refractivity contribution < 1.29 is 9.21 Å². The van der Waals surface area contributed by atoms with Crippen LogP contribution in [0.15, 0.2) is 16.5 Å². The van der Waals surface area contributed by atoms with Gasteiger partial charge in [0.05, 0.1) is 6.54 Å². The molecule has 1 amide bonds. The minimum Gasteiger partial charge on any atom is -0.455 e. The highest BCUT2D eigenvalue weighted by molar-refractivity contribution is 5.91. The largest absolute Gasteiger partial charge is 0.455 e. The van der Waals surface area contributed by atoms with E-state index in [0.29, 0.717) is 11.8 Å². The van der Waals surface area contributed by atoms with E-state index in [2.05, 4.69) is 31.0 Å². The Balaban J connectivity index is 1.89. The molecule has 20 heavy (non-hydrogen) atoms. The number of carbonyl (C=O) groups is 1. The van der Waals surface area contributed by atoms with Gasteiger partial charge in [0, 0.05) is 6.04 Å². The second-order valence-corrected chi connectivity index (χ2v) is 5.82. The first-order chi connectivity index (χ1) is 9.62. The fourth-order valence-corrected chi connectivity index (χ4v) is 2.85. The quantitative estimate of drug-likeness (QED) is 0.870. The number of rotatable bonds is 6. The number of furan rings is 1. The molecular formula is C16H26N2O2. The Kier molecular flexibility index (Phi) is 5.24. The first-order valence-electron chi connectivity index (χ1n) is 7.74. The molecule has 1 saturated carbocycles. The van der Waals surface area contributed by atoms with Gasteiger partial charge in [-0.05, 0) is 50.4 Å². The molecule has 1 aromatic heterocycles. The Morgan fingerprint density at radius 2 is 2.10 bits per heavy atom. The van der Waals surface area contributed by atoms with E-state index >= 15 is 0 Å². The molecule has 1 fully saturated rings. The Morgan fingerprint density at radius 1 is 1.35 bits per heavy atom. The third-order valence-corrected chi connectivity index (χ3v) is 4.19. The van der Waals surface area contributed by atoms with Crippen LogP contribution in [-0.4, -0.2) is 29.9 Å². The maximum Gasteiger partial charge on any atom is 0.287 e.